The summed E-state index contributed by atoms with van der Waals surface area (Å²) in [4.78, 5) is 2.47. The van der Waals surface area contributed by atoms with Crippen LogP contribution in [0, 0.1) is 0 Å². The fourth-order valence-electron chi connectivity index (χ4n) is 8.13. The molecule has 7 rings (SSSR count). The number of hydrogen-bond donors (Lipinski definition) is 0. The number of para-hydroxylation sites is 1. The minimum Gasteiger partial charge on any atom is -0.333 e. The summed E-state index contributed by atoms with van der Waals surface area (Å²) < 4.78 is 0. The topological polar surface area (TPSA) is 3.24 Å². The molecule has 5 aromatic carbocycles. The van der Waals surface area contributed by atoms with Crippen molar-refractivity contribution in [2.45, 2.75) is 58.9 Å². The summed E-state index contributed by atoms with van der Waals surface area (Å²) in [5.74, 6) is 0.769. The summed E-state index contributed by atoms with van der Waals surface area (Å²) in [6.07, 6.45) is 18.6. The summed E-state index contributed by atoms with van der Waals surface area (Å²) in [7, 11) is 0. The summed E-state index contributed by atoms with van der Waals surface area (Å²) in [5, 5.41) is 0. The van der Waals surface area contributed by atoms with Crippen molar-refractivity contribution in [3.05, 3.63) is 210 Å². The first-order valence-corrected chi connectivity index (χ1v) is 19.3. The zero-order valence-electron chi connectivity index (χ0n) is 32.4. The molecule has 5 aromatic rings. The Morgan fingerprint density at radius 1 is 0.704 bits per heavy atom. The van der Waals surface area contributed by atoms with Crippen LogP contribution in [0.4, 0.5) is 11.4 Å². The molecule has 3 unspecified atom stereocenters. The minimum absolute atomic E-state index is 0.263. The van der Waals surface area contributed by atoms with Crippen LogP contribution in [0.1, 0.15) is 80.7 Å². The van der Waals surface area contributed by atoms with Crippen molar-refractivity contribution in [1.29, 1.82) is 0 Å². The number of anilines is 2. The van der Waals surface area contributed by atoms with E-state index >= 15 is 0 Å². The number of benzene rings is 5. The van der Waals surface area contributed by atoms with Crippen molar-refractivity contribution < 1.29 is 0 Å². The maximum absolute atomic E-state index is 4.27. The molecule has 1 heteroatoms. The van der Waals surface area contributed by atoms with Crippen LogP contribution in [0.15, 0.2) is 183 Å². The van der Waals surface area contributed by atoms with E-state index in [4.69, 9.17) is 0 Å². The summed E-state index contributed by atoms with van der Waals surface area (Å²) in [6.45, 7) is 19.5. The molecule has 0 aromatic heterocycles. The van der Waals surface area contributed by atoms with Gasteiger partial charge in [-0.2, -0.15) is 0 Å². The first-order valence-electron chi connectivity index (χ1n) is 19.3. The van der Waals surface area contributed by atoms with Crippen LogP contribution >= 0.6 is 0 Å². The third-order valence-corrected chi connectivity index (χ3v) is 11.2. The van der Waals surface area contributed by atoms with E-state index in [0.29, 0.717) is 11.8 Å². The Hall–Kier alpha value is -5.92. The van der Waals surface area contributed by atoms with Gasteiger partial charge in [-0.3, -0.25) is 0 Å². The molecule has 2 aliphatic rings. The first-order chi connectivity index (χ1) is 26.3. The molecular formula is C53H51N. The molecule has 1 nitrogen and oxygen atoms in total. The third kappa shape index (κ3) is 7.07. The SMILES string of the molecule is C=CC(=C(C)C)c1cc(-c2cccc(-c3cccc(C(/C=C(\C=C)c4ccc5c(c4)C4C=CC=CC4N5c4ccccc4)=C/C)c3)c2)ccc1C(C)CC. The van der Waals surface area contributed by atoms with Crippen molar-refractivity contribution in [2.24, 2.45) is 0 Å². The van der Waals surface area contributed by atoms with Crippen molar-refractivity contribution in [3.8, 4) is 22.3 Å². The van der Waals surface area contributed by atoms with Crippen LogP contribution in [0.25, 0.3) is 39.0 Å². The van der Waals surface area contributed by atoms with Gasteiger partial charge in [0.1, 0.15) is 0 Å². The molecule has 0 N–H and O–H groups in total. The lowest BCUT2D eigenvalue weighted by molar-refractivity contribution is 0.731. The maximum Gasteiger partial charge on any atom is 0.0629 e. The van der Waals surface area contributed by atoms with Gasteiger partial charge in [-0.15, -0.1) is 0 Å². The number of hydrogen-bond acceptors (Lipinski definition) is 1. The van der Waals surface area contributed by atoms with Crippen LogP contribution in [0.2, 0.25) is 0 Å². The standard InChI is InChI=1S/C53H51N/c1-8-37(7)48-29-27-45(34-50(48)47(11-4)36(5)6)43-22-18-21-42(33-43)41-20-17-19-40(32-41)38(9-2)31-39(10-3)44-28-30-53-51(35-44)49-25-15-16-26-52(49)54(53)46-23-13-12-14-24-46/h9-35,37,49,52H,3-4,8H2,1-2,5-7H3/b38-9+,39-31+. The van der Waals surface area contributed by atoms with Gasteiger partial charge in [0.25, 0.3) is 0 Å². The molecule has 0 amide bonds. The van der Waals surface area contributed by atoms with Crippen LogP contribution in [0.5, 0.6) is 0 Å². The Morgan fingerprint density at radius 3 is 2.07 bits per heavy atom. The molecule has 0 saturated heterocycles. The summed E-state index contributed by atoms with van der Waals surface area (Å²) in [5.41, 5.74) is 18.4. The summed E-state index contributed by atoms with van der Waals surface area (Å²) in [6, 6.07) is 42.7. The molecule has 0 saturated carbocycles. The number of allylic oxidation sites excluding steroid dienone is 10. The van der Waals surface area contributed by atoms with Gasteiger partial charge in [-0.05, 0) is 148 Å². The second-order valence-corrected chi connectivity index (χ2v) is 14.7. The average Bonchev–Trinajstić information content (AvgIpc) is 3.55. The van der Waals surface area contributed by atoms with Crippen molar-refractivity contribution in [1.82, 2.24) is 0 Å². The van der Waals surface area contributed by atoms with E-state index in [0.717, 1.165) is 17.6 Å². The predicted molar refractivity (Wildman–Crippen MR) is 236 cm³/mol. The Morgan fingerprint density at radius 2 is 1.39 bits per heavy atom. The third-order valence-electron chi connectivity index (χ3n) is 11.2. The fourth-order valence-corrected chi connectivity index (χ4v) is 8.13. The molecule has 1 aliphatic carbocycles. The van der Waals surface area contributed by atoms with E-state index in [2.05, 4.69) is 204 Å². The van der Waals surface area contributed by atoms with Gasteiger partial charge < -0.3 is 4.90 Å². The highest BCUT2D eigenvalue weighted by atomic mass is 15.2. The highest BCUT2D eigenvalue weighted by Gasteiger charge is 2.37. The lowest BCUT2D eigenvalue weighted by atomic mass is 9.86. The second-order valence-electron chi connectivity index (χ2n) is 14.7. The summed E-state index contributed by atoms with van der Waals surface area (Å²) >= 11 is 0. The molecule has 54 heavy (non-hydrogen) atoms. The number of nitrogens with zero attached hydrogens (tertiary/aromatic N) is 1. The van der Waals surface area contributed by atoms with Crippen LogP contribution in [-0.2, 0) is 0 Å². The van der Waals surface area contributed by atoms with Gasteiger partial charge in [-0.1, -0.05) is 148 Å². The monoisotopic (exact) mass is 701 g/mol. The van der Waals surface area contributed by atoms with Gasteiger partial charge in [0.2, 0.25) is 0 Å². The maximum atomic E-state index is 4.27. The van der Waals surface area contributed by atoms with Crippen molar-refractivity contribution in [2.75, 3.05) is 4.90 Å². The van der Waals surface area contributed by atoms with E-state index in [1.807, 2.05) is 12.2 Å². The predicted octanol–water partition coefficient (Wildman–Crippen LogP) is 14.9. The lowest BCUT2D eigenvalue weighted by Gasteiger charge is -2.28. The van der Waals surface area contributed by atoms with Crippen molar-refractivity contribution in [3.63, 3.8) is 0 Å². The molecule has 1 heterocycles. The lowest BCUT2D eigenvalue weighted by Crippen LogP contribution is -2.28. The van der Waals surface area contributed by atoms with E-state index < -0.39 is 0 Å². The smallest absolute Gasteiger partial charge is 0.0629 e. The fraction of sp³-hybridized carbons (Fsp3) is 0.170. The highest BCUT2D eigenvalue weighted by molar-refractivity contribution is 5.90. The largest absolute Gasteiger partial charge is 0.333 e. The average molecular weight is 702 g/mol. The molecule has 0 spiro atoms. The van der Waals surface area contributed by atoms with Gasteiger partial charge in [-0.25, -0.2) is 0 Å². The molecule has 268 valence electrons. The van der Waals surface area contributed by atoms with Crippen molar-refractivity contribution >= 4 is 28.1 Å². The zero-order valence-corrected chi connectivity index (χ0v) is 32.4. The van der Waals surface area contributed by atoms with E-state index in [1.54, 1.807) is 0 Å². The zero-order chi connectivity index (χ0) is 37.8. The van der Waals surface area contributed by atoms with Gasteiger partial charge in [0, 0.05) is 17.3 Å². The molecule has 0 bridgehead atoms. The molecule has 0 radical (unpaired) electrons. The Kier molecular flexibility index (Phi) is 10.8. The van der Waals surface area contributed by atoms with Crippen LogP contribution in [0.3, 0.4) is 0 Å². The van der Waals surface area contributed by atoms with E-state index in [1.165, 1.54) is 72.6 Å². The Balaban J connectivity index is 1.21. The van der Waals surface area contributed by atoms with E-state index in [-0.39, 0.29) is 6.04 Å². The van der Waals surface area contributed by atoms with Gasteiger partial charge in [0.15, 0.2) is 0 Å². The quantitative estimate of drug-likeness (QED) is 0.124. The van der Waals surface area contributed by atoms with Crippen LogP contribution < -0.4 is 4.90 Å². The minimum atomic E-state index is 0.263. The van der Waals surface area contributed by atoms with Gasteiger partial charge >= 0.3 is 0 Å². The highest BCUT2D eigenvalue weighted by Crippen LogP contribution is 2.48. The molecular weight excluding hydrogens is 651 g/mol. The molecule has 3 atom stereocenters. The molecule has 0 fully saturated rings. The number of fused-ring (bicyclic) bond motifs is 3. The van der Waals surface area contributed by atoms with Crippen LogP contribution in [-0.4, -0.2) is 6.04 Å². The second kappa shape index (κ2) is 16.0. The van der Waals surface area contributed by atoms with E-state index in [9.17, 15) is 0 Å². The van der Waals surface area contributed by atoms with Gasteiger partial charge in [0.05, 0.1) is 6.04 Å². The number of rotatable bonds is 11. The normalized spacial score (nSPS) is 16.8. The first kappa shape index (κ1) is 36.4. The molecule has 1 aliphatic heterocycles. The Bertz CT molecular complexity index is 2350. The Labute approximate surface area is 323 Å².